The first-order valence-electron chi connectivity index (χ1n) is 6.99. The predicted molar refractivity (Wildman–Crippen MR) is 77.7 cm³/mol. The van der Waals surface area contributed by atoms with E-state index >= 15 is 0 Å². The van der Waals surface area contributed by atoms with E-state index in [9.17, 15) is 8.78 Å². The highest BCUT2D eigenvalue weighted by atomic mass is 19.1. The van der Waals surface area contributed by atoms with Crippen molar-refractivity contribution in [2.75, 3.05) is 6.54 Å². The minimum absolute atomic E-state index is 0.256. The Balaban J connectivity index is 1.95. The molecule has 0 aliphatic rings. The van der Waals surface area contributed by atoms with Crippen molar-refractivity contribution in [1.82, 2.24) is 15.3 Å². The van der Waals surface area contributed by atoms with Crippen LogP contribution in [0.3, 0.4) is 0 Å². The summed E-state index contributed by atoms with van der Waals surface area (Å²) in [6.45, 7) is 5.93. The van der Waals surface area contributed by atoms with Gasteiger partial charge in [0.1, 0.15) is 17.5 Å². The highest BCUT2D eigenvalue weighted by Crippen LogP contribution is 2.12. The number of halogens is 2. The quantitative estimate of drug-likeness (QED) is 0.888. The molecule has 0 bridgehead atoms. The maximum Gasteiger partial charge on any atom is 0.132 e. The van der Waals surface area contributed by atoms with Gasteiger partial charge in [0, 0.05) is 37.0 Å². The summed E-state index contributed by atoms with van der Waals surface area (Å²) in [6, 6.07) is 3.54. The van der Waals surface area contributed by atoms with Gasteiger partial charge in [-0.1, -0.05) is 19.9 Å². The Labute approximate surface area is 123 Å². The van der Waals surface area contributed by atoms with Crippen molar-refractivity contribution in [3.8, 4) is 0 Å². The van der Waals surface area contributed by atoms with Gasteiger partial charge in [0.2, 0.25) is 0 Å². The van der Waals surface area contributed by atoms with Gasteiger partial charge in [0.15, 0.2) is 0 Å². The molecule has 1 aromatic heterocycles. The smallest absolute Gasteiger partial charge is 0.132 e. The second-order valence-electron chi connectivity index (χ2n) is 5.44. The summed E-state index contributed by atoms with van der Waals surface area (Å²) in [4.78, 5) is 8.45. The molecule has 0 spiro atoms. The summed E-state index contributed by atoms with van der Waals surface area (Å²) in [7, 11) is 0. The zero-order valence-electron chi connectivity index (χ0n) is 12.2. The molecule has 0 aliphatic carbocycles. The molecule has 0 amide bonds. The van der Waals surface area contributed by atoms with E-state index in [1.54, 1.807) is 12.4 Å². The highest BCUT2D eigenvalue weighted by molar-refractivity contribution is 5.22. The average molecular weight is 291 g/mol. The van der Waals surface area contributed by atoms with Gasteiger partial charge in [0.05, 0.1) is 0 Å². The third-order valence-corrected chi connectivity index (χ3v) is 3.00. The standard InChI is InChI=1S/C16H19F2N3/c1-11(2)7-19-8-12-9-20-16(21-10-12)5-13-3-4-14(17)6-15(13)18/h3-4,6,9-11,19H,5,7-8H2,1-2H3. The first-order chi connectivity index (χ1) is 10.0. The van der Waals surface area contributed by atoms with Crippen LogP contribution in [-0.2, 0) is 13.0 Å². The van der Waals surface area contributed by atoms with Gasteiger partial charge >= 0.3 is 0 Å². The van der Waals surface area contributed by atoms with Crippen LogP contribution in [0.1, 0.15) is 30.8 Å². The molecule has 1 aromatic carbocycles. The van der Waals surface area contributed by atoms with Crippen LogP contribution in [0.5, 0.6) is 0 Å². The average Bonchev–Trinajstić information content (AvgIpc) is 2.43. The molecule has 0 unspecified atom stereocenters. The number of benzene rings is 1. The second kappa shape index (κ2) is 7.22. The number of rotatable bonds is 6. The van der Waals surface area contributed by atoms with Crippen molar-refractivity contribution in [3.05, 3.63) is 59.2 Å². The number of nitrogens with zero attached hydrogens (tertiary/aromatic N) is 2. The number of nitrogens with one attached hydrogen (secondary N) is 1. The maximum atomic E-state index is 13.6. The first kappa shape index (κ1) is 15.5. The first-order valence-corrected chi connectivity index (χ1v) is 6.99. The van der Waals surface area contributed by atoms with Crippen LogP contribution in [0.2, 0.25) is 0 Å². The molecule has 0 radical (unpaired) electrons. The molecule has 0 saturated carbocycles. The van der Waals surface area contributed by atoms with Gasteiger partial charge in [-0.05, 0) is 24.1 Å². The molecular formula is C16H19F2N3. The SMILES string of the molecule is CC(C)CNCc1cnc(Cc2ccc(F)cc2F)nc1. The molecule has 0 atom stereocenters. The van der Waals surface area contributed by atoms with E-state index in [0.29, 0.717) is 23.9 Å². The van der Waals surface area contributed by atoms with Crippen LogP contribution >= 0.6 is 0 Å². The van der Waals surface area contributed by atoms with Gasteiger partial charge < -0.3 is 5.32 Å². The summed E-state index contributed by atoms with van der Waals surface area (Å²) in [5.41, 5.74) is 1.38. The third kappa shape index (κ3) is 4.86. The molecule has 1 heterocycles. The van der Waals surface area contributed by atoms with Crippen molar-refractivity contribution in [3.63, 3.8) is 0 Å². The van der Waals surface area contributed by atoms with Gasteiger partial charge in [0.25, 0.3) is 0 Å². The molecule has 0 aliphatic heterocycles. The van der Waals surface area contributed by atoms with Crippen LogP contribution < -0.4 is 5.32 Å². The van der Waals surface area contributed by atoms with E-state index in [1.165, 1.54) is 12.1 Å². The second-order valence-corrected chi connectivity index (χ2v) is 5.44. The lowest BCUT2D eigenvalue weighted by Crippen LogP contribution is -2.19. The molecule has 21 heavy (non-hydrogen) atoms. The highest BCUT2D eigenvalue weighted by Gasteiger charge is 2.07. The zero-order chi connectivity index (χ0) is 15.2. The van der Waals surface area contributed by atoms with Crippen molar-refractivity contribution in [1.29, 1.82) is 0 Å². The molecule has 112 valence electrons. The lowest BCUT2D eigenvalue weighted by Gasteiger charge is -2.07. The fourth-order valence-electron chi connectivity index (χ4n) is 1.90. The van der Waals surface area contributed by atoms with Crippen LogP contribution in [0.25, 0.3) is 0 Å². The minimum Gasteiger partial charge on any atom is -0.312 e. The number of hydrogen-bond acceptors (Lipinski definition) is 3. The monoisotopic (exact) mass is 291 g/mol. The number of hydrogen-bond donors (Lipinski definition) is 1. The molecule has 5 heteroatoms. The van der Waals surface area contributed by atoms with Crippen LogP contribution in [0, 0.1) is 17.6 Å². The Bertz CT molecular complexity index is 583. The summed E-state index contributed by atoms with van der Waals surface area (Å²) >= 11 is 0. The van der Waals surface area contributed by atoms with Gasteiger partial charge in [-0.25, -0.2) is 18.7 Å². The maximum absolute atomic E-state index is 13.6. The minimum atomic E-state index is -0.580. The van der Waals surface area contributed by atoms with Gasteiger partial charge in [-0.15, -0.1) is 0 Å². The molecule has 2 rings (SSSR count). The Hall–Kier alpha value is -1.88. The molecular weight excluding hydrogens is 272 g/mol. The van der Waals surface area contributed by atoms with E-state index < -0.39 is 11.6 Å². The molecule has 0 fully saturated rings. The fourth-order valence-corrected chi connectivity index (χ4v) is 1.90. The lowest BCUT2D eigenvalue weighted by molar-refractivity contribution is 0.551. The van der Waals surface area contributed by atoms with E-state index in [2.05, 4.69) is 29.1 Å². The van der Waals surface area contributed by atoms with E-state index in [-0.39, 0.29) is 6.42 Å². The normalized spacial score (nSPS) is 11.1. The fraction of sp³-hybridized carbons (Fsp3) is 0.375. The zero-order valence-corrected chi connectivity index (χ0v) is 12.2. The summed E-state index contributed by atoms with van der Waals surface area (Å²) in [5.74, 6) is -0.0372. The Morgan fingerprint density at radius 2 is 1.86 bits per heavy atom. The molecule has 2 aromatic rings. The summed E-state index contributed by atoms with van der Waals surface area (Å²) < 4.78 is 26.4. The van der Waals surface area contributed by atoms with Crippen LogP contribution in [-0.4, -0.2) is 16.5 Å². The molecule has 0 saturated heterocycles. The molecule has 3 nitrogen and oxygen atoms in total. The van der Waals surface area contributed by atoms with E-state index in [1.807, 2.05) is 0 Å². The predicted octanol–water partition coefficient (Wildman–Crippen LogP) is 3.09. The Kier molecular flexibility index (Phi) is 5.33. The van der Waals surface area contributed by atoms with Crippen molar-refractivity contribution in [2.45, 2.75) is 26.8 Å². The van der Waals surface area contributed by atoms with Crippen LogP contribution in [0.15, 0.2) is 30.6 Å². The summed E-state index contributed by atoms with van der Waals surface area (Å²) in [6.07, 6.45) is 3.72. The van der Waals surface area contributed by atoms with E-state index in [4.69, 9.17) is 0 Å². The van der Waals surface area contributed by atoms with Crippen molar-refractivity contribution < 1.29 is 8.78 Å². The van der Waals surface area contributed by atoms with Crippen molar-refractivity contribution in [2.24, 2.45) is 5.92 Å². The topological polar surface area (TPSA) is 37.8 Å². The molecule has 1 N–H and O–H groups in total. The summed E-state index contributed by atoms with van der Waals surface area (Å²) in [5, 5.41) is 3.30. The Morgan fingerprint density at radius 1 is 1.14 bits per heavy atom. The van der Waals surface area contributed by atoms with Gasteiger partial charge in [-0.2, -0.15) is 0 Å². The largest absolute Gasteiger partial charge is 0.312 e. The van der Waals surface area contributed by atoms with Crippen molar-refractivity contribution >= 4 is 0 Å². The third-order valence-electron chi connectivity index (χ3n) is 3.00. The Morgan fingerprint density at radius 3 is 2.48 bits per heavy atom. The van der Waals surface area contributed by atoms with Crippen LogP contribution in [0.4, 0.5) is 8.78 Å². The van der Waals surface area contributed by atoms with Gasteiger partial charge in [-0.3, -0.25) is 0 Å². The number of aromatic nitrogens is 2. The lowest BCUT2D eigenvalue weighted by atomic mass is 10.1. The van der Waals surface area contributed by atoms with E-state index in [0.717, 1.165) is 18.2 Å².